The van der Waals surface area contributed by atoms with Gasteiger partial charge in [-0.15, -0.1) is 0 Å². The highest BCUT2D eigenvalue weighted by atomic mass is 16.5. The van der Waals surface area contributed by atoms with Crippen molar-refractivity contribution in [2.45, 2.75) is 13.1 Å². The standard InChI is InChI=1S/C20H22N2O2/c1-15(20(23)21-11-12-24-2)16-7-9-19(10-8-16)22-13-17-5-3-4-6-18(17)14-22/h3-10H,1,11-14H2,2H3,(H,21,23). The van der Waals surface area contributed by atoms with Gasteiger partial charge in [0.15, 0.2) is 0 Å². The minimum Gasteiger partial charge on any atom is -0.383 e. The Morgan fingerprint density at radius 1 is 1.12 bits per heavy atom. The van der Waals surface area contributed by atoms with Crippen LogP contribution in [0.25, 0.3) is 5.57 Å². The molecule has 0 aromatic heterocycles. The average Bonchev–Trinajstić information content (AvgIpc) is 3.05. The Hall–Kier alpha value is -2.59. The van der Waals surface area contributed by atoms with Crippen LogP contribution in [0, 0.1) is 0 Å². The van der Waals surface area contributed by atoms with E-state index in [0.717, 1.165) is 24.3 Å². The Balaban J connectivity index is 1.64. The molecular formula is C20H22N2O2. The van der Waals surface area contributed by atoms with Crippen LogP contribution in [0.4, 0.5) is 5.69 Å². The van der Waals surface area contributed by atoms with Crippen molar-refractivity contribution in [3.63, 3.8) is 0 Å². The summed E-state index contributed by atoms with van der Waals surface area (Å²) < 4.78 is 4.93. The number of benzene rings is 2. The van der Waals surface area contributed by atoms with Crippen LogP contribution >= 0.6 is 0 Å². The van der Waals surface area contributed by atoms with Crippen LogP contribution in [0.2, 0.25) is 0 Å². The molecule has 0 bridgehead atoms. The molecule has 0 fully saturated rings. The van der Waals surface area contributed by atoms with Crippen LogP contribution in [0.5, 0.6) is 0 Å². The summed E-state index contributed by atoms with van der Waals surface area (Å²) in [6.45, 7) is 6.72. The van der Waals surface area contributed by atoms with Gasteiger partial charge in [-0.25, -0.2) is 0 Å². The van der Waals surface area contributed by atoms with Crippen molar-refractivity contribution in [3.8, 4) is 0 Å². The summed E-state index contributed by atoms with van der Waals surface area (Å²) in [5.74, 6) is -0.159. The van der Waals surface area contributed by atoms with Crippen molar-refractivity contribution in [1.82, 2.24) is 5.32 Å². The molecule has 2 aromatic rings. The zero-order chi connectivity index (χ0) is 16.9. The average molecular weight is 322 g/mol. The summed E-state index contributed by atoms with van der Waals surface area (Å²) in [6.07, 6.45) is 0. The summed E-state index contributed by atoms with van der Waals surface area (Å²) in [5.41, 5.74) is 5.22. The first-order valence-electron chi connectivity index (χ1n) is 8.07. The van der Waals surface area contributed by atoms with Crippen LogP contribution in [0.3, 0.4) is 0 Å². The fraction of sp³-hybridized carbons (Fsp3) is 0.250. The van der Waals surface area contributed by atoms with Crippen molar-refractivity contribution in [1.29, 1.82) is 0 Å². The fourth-order valence-corrected chi connectivity index (χ4v) is 2.89. The molecule has 0 radical (unpaired) electrons. The normalized spacial score (nSPS) is 12.8. The molecule has 1 heterocycles. The maximum absolute atomic E-state index is 12.0. The van der Waals surface area contributed by atoms with Crippen LogP contribution in [0.15, 0.2) is 55.1 Å². The molecule has 0 aliphatic carbocycles. The smallest absolute Gasteiger partial charge is 0.251 e. The fourth-order valence-electron chi connectivity index (χ4n) is 2.89. The van der Waals surface area contributed by atoms with E-state index in [1.54, 1.807) is 7.11 Å². The Bertz CT molecular complexity index is 713. The second-order valence-electron chi connectivity index (χ2n) is 5.90. The number of rotatable bonds is 6. The molecule has 0 atom stereocenters. The van der Waals surface area contributed by atoms with Gasteiger partial charge in [0.25, 0.3) is 5.91 Å². The summed E-state index contributed by atoms with van der Waals surface area (Å²) in [5, 5.41) is 2.79. The second-order valence-corrected chi connectivity index (χ2v) is 5.90. The zero-order valence-corrected chi connectivity index (χ0v) is 13.9. The number of hydrogen-bond acceptors (Lipinski definition) is 3. The monoisotopic (exact) mass is 322 g/mol. The highest BCUT2D eigenvalue weighted by Gasteiger charge is 2.18. The van der Waals surface area contributed by atoms with Gasteiger partial charge in [0.2, 0.25) is 0 Å². The zero-order valence-electron chi connectivity index (χ0n) is 13.9. The van der Waals surface area contributed by atoms with E-state index in [-0.39, 0.29) is 5.91 Å². The van der Waals surface area contributed by atoms with E-state index in [1.807, 2.05) is 12.1 Å². The van der Waals surface area contributed by atoms with Crippen LogP contribution < -0.4 is 10.2 Å². The van der Waals surface area contributed by atoms with E-state index < -0.39 is 0 Å². The van der Waals surface area contributed by atoms with E-state index in [1.165, 1.54) is 11.1 Å². The molecule has 124 valence electrons. The van der Waals surface area contributed by atoms with Crippen LogP contribution in [-0.2, 0) is 22.6 Å². The summed E-state index contributed by atoms with van der Waals surface area (Å²) in [4.78, 5) is 14.4. The number of carbonyl (C=O) groups excluding carboxylic acids is 1. The number of ether oxygens (including phenoxy) is 1. The molecule has 0 spiro atoms. The van der Waals surface area contributed by atoms with E-state index in [9.17, 15) is 4.79 Å². The van der Waals surface area contributed by atoms with Gasteiger partial charge in [-0.05, 0) is 28.8 Å². The van der Waals surface area contributed by atoms with Crippen molar-refractivity contribution in [3.05, 3.63) is 71.8 Å². The summed E-state index contributed by atoms with van der Waals surface area (Å²) >= 11 is 0. The van der Waals surface area contributed by atoms with Gasteiger partial charge in [0, 0.05) is 38.0 Å². The largest absolute Gasteiger partial charge is 0.383 e. The number of hydrogen-bond donors (Lipinski definition) is 1. The van der Waals surface area contributed by atoms with Crippen molar-refractivity contribution < 1.29 is 9.53 Å². The topological polar surface area (TPSA) is 41.6 Å². The van der Waals surface area contributed by atoms with Gasteiger partial charge < -0.3 is 15.0 Å². The molecule has 1 aliphatic heterocycles. The third-order valence-corrected chi connectivity index (χ3v) is 4.29. The van der Waals surface area contributed by atoms with Gasteiger partial charge in [-0.3, -0.25) is 4.79 Å². The lowest BCUT2D eigenvalue weighted by Crippen LogP contribution is -2.27. The van der Waals surface area contributed by atoms with Crippen LogP contribution in [-0.4, -0.2) is 26.2 Å². The number of carbonyl (C=O) groups is 1. The molecule has 1 aliphatic rings. The third kappa shape index (κ3) is 3.49. The molecule has 0 saturated carbocycles. The van der Waals surface area contributed by atoms with E-state index >= 15 is 0 Å². The maximum Gasteiger partial charge on any atom is 0.251 e. The molecule has 3 rings (SSSR count). The van der Waals surface area contributed by atoms with Gasteiger partial charge in [0.1, 0.15) is 0 Å². The van der Waals surface area contributed by atoms with E-state index in [0.29, 0.717) is 18.7 Å². The van der Waals surface area contributed by atoms with Crippen molar-refractivity contribution >= 4 is 17.2 Å². The van der Waals surface area contributed by atoms with Gasteiger partial charge in [-0.2, -0.15) is 0 Å². The number of anilines is 1. The van der Waals surface area contributed by atoms with Crippen LogP contribution in [0.1, 0.15) is 16.7 Å². The molecule has 4 heteroatoms. The molecular weight excluding hydrogens is 300 g/mol. The van der Waals surface area contributed by atoms with Crippen molar-refractivity contribution in [2.24, 2.45) is 0 Å². The Morgan fingerprint density at radius 3 is 2.33 bits per heavy atom. The number of fused-ring (bicyclic) bond motifs is 1. The van der Waals surface area contributed by atoms with E-state index in [4.69, 9.17) is 4.74 Å². The highest BCUT2D eigenvalue weighted by molar-refractivity contribution is 6.18. The minimum absolute atomic E-state index is 0.159. The predicted molar refractivity (Wildman–Crippen MR) is 96.7 cm³/mol. The Morgan fingerprint density at radius 2 is 1.75 bits per heavy atom. The Kier molecular flexibility index (Phi) is 4.96. The first-order valence-corrected chi connectivity index (χ1v) is 8.07. The number of methoxy groups -OCH3 is 1. The first-order chi connectivity index (χ1) is 11.7. The number of nitrogens with zero attached hydrogens (tertiary/aromatic N) is 1. The second kappa shape index (κ2) is 7.32. The predicted octanol–water partition coefficient (Wildman–Crippen LogP) is 2.98. The molecule has 2 aromatic carbocycles. The lowest BCUT2D eigenvalue weighted by atomic mass is 10.1. The maximum atomic E-state index is 12.0. The summed E-state index contributed by atoms with van der Waals surface area (Å²) in [6, 6.07) is 16.5. The highest BCUT2D eigenvalue weighted by Crippen LogP contribution is 2.28. The SMILES string of the molecule is C=C(C(=O)NCCOC)c1ccc(N2Cc3ccccc3C2)cc1. The van der Waals surface area contributed by atoms with Gasteiger partial charge in [0.05, 0.1) is 6.61 Å². The third-order valence-electron chi connectivity index (χ3n) is 4.29. The summed E-state index contributed by atoms with van der Waals surface area (Å²) in [7, 11) is 1.61. The first kappa shape index (κ1) is 16.3. The lowest BCUT2D eigenvalue weighted by molar-refractivity contribution is -0.115. The quantitative estimate of drug-likeness (QED) is 0.657. The molecule has 0 saturated heterocycles. The molecule has 24 heavy (non-hydrogen) atoms. The van der Waals surface area contributed by atoms with Gasteiger partial charge >= 0.3 is 0 Å². The van der Waals surface area contributed by atoms with E-state index in [2.05, 4.69) is 53.2 Å². The molecule has 4 nitrogen and oxygen atoms in total. The lowest BCUT2D eigenvalue weighted by Gasteiger charge is -2.18. The number of nitrogens with one attached hydrogen (secondary N) is 1. The molecule has 1 amide bonds. The van der Waals surface area contributed by atoms with Gasteiger partial charge in [-0.1, -0.05) is 43.0 Å². The Labute approximate surface area is 142 Å². The molecule has 0 unspecified atom stereocenters. The minimum atomic E-state index is -0.159. The molecule has 1 N–H and O–H groups in total. The number of amides is 1. The van der Waals surface area contributed by atoms with Crippen molar-refractivity contribution in [2.75, 3.05) is 25.2 Å².